The van der Waals surface area contributed by atoms with Gasteiger partial charge in [0.05, 0.1) is 5.54 Å². The van der Waals surface area contributed by atoms with Crippen molar-refractivity contribution in [2.24, 2.45) is 5.92 Å². The number of aromatic nitrogens is 2. The number of nitrogens with zero attached hydrogens (tertiary/aromatic N) is 1. The van der Waals surface area contributed by atoms with Crippen molar-refractivity contribution in [3.63, 3.8) is 0 Å². The molecule has 0 spiro atoms. The highest BCUT2D eigenvalue weighted by Gasteiger charge is 2.46. The average Bonchev–Trinajstić information content (AvgIpc) is 3.25. The van der Waals surface area contributed by atoms with E-state index >= 15 is 0 Å². The second kappa shape index (κ2) is 6.38. The molecule has 1 amide bonds. The van der Waals surface area contributed by atoms with Crippen molar-refractivity contribution in [2.45, 2.75) is 38.6 Å². The highest BCUT2D eigenvalue weighted by atomic mass is 19.1. The van der Waals surface area contributed by atoms with E-state index in [1.807, 2.05) is 13.8 Å². The lowest BCUT2D eigenvalue weighted by molar-refractivity contribution is 0.0924. The largest absolute Gasteiger partial charge is 0.345 e. The summed E-state index contributed by atoms with van der Waals surface area (Å²) in [6.45, 7) is 3.99. The predicted octanol–water partition coefficient (Wildman–Crippen LogP) is 2.67. The normalized spacial score (nSPS) is 15.2. The number of H-pyrrole nitrogens is 1. The molecule has 1 aromatic carbocycles. The predicted molar refractivity (Wildman–Crippen MR) is 88.1 cm³/mol. The number of hydrogen-bond acceptors (Lipinski definition) is 3. The van der Waals surface area contributed by atoms with Crippen molar-refractivity contribution >= 4 is 5.91 Å². The van der Waals surface area contributed by atoms with Crippen LogP contribution in [0.25, 0.3) is 0 Å². The van der Waals surface area contributed by atoms with Gasteiger partial charge in [0.2, 0.25) is 0 Å². The Kier molecular flexibility index (Phi) is 4.41. The molecule has 0 aliphatic heterocycles. The van der Waals surface area contributed by atoms with E-state index in [9.17, 15) is 18.4 Å². The summed E-state index contributed by atoms with van der Waals surface area (Å²) in [6.07, 6.45) is 1.76. The molecule has 1 fully saturated rings. The Balaban J connectivity index is 1.85. The lowest BCUT2D eigenvalue weighted by Crippen LogP contribution is -2.36. The summed E-state index contributed by atoms with van der Waals surface area (Å²) in [5.74, 6) is -1.61. The summed E-state index contributed by atoms with van der Waals surface area (Å²) in [5, 5.41) is 2.77. The van der Waals surface area contributed by atoms with E-state index in [2.05, 4.69) is 15.3 Å². The van der Waals surface area contributed by atoms with Crippen LogP contribution in [0.1, 0.15) is 48.4 Å². The molecular weight excluding hydrogens is 328 g/mol. The number of carbonyl (C=O) groups excluding carboxylic acids is 1. The van der Waals surface area contributed by atoms with E-state index < -0.39 is 28.8 Å². The van der Waals surface area contributed by atoms with Crippen molar-refractivity contribution in [3.8, 4) is 0 Å². The van der Waals surface area contributed by atoms with Gasteiger partial charge >= 0.3 is 5.69 Å². The van der Waals surface area contributed by atoms with Crippen LogP contribution in [0.15, 0.2) is 29.1 Å². The van der Waals surface area contributed by atoms with E-state index in [1.54, 1.807) is 6.07 Å². The van der Waals surface area contributed by atoms with Gasteiger partial charge in [0.25, 0.3) is 5.91 Å². The highest BCUT2D eigenvalue weighted by Crippen LogP contribution is 2.46. The number of hydrogen-bond donors (Lipinski definition) is 2. The molecule has 7 heteroatoms. The molecule has 0 unspecified atom stereocenters. The lowest BCUT2D eigenvalue weighted by atomic mass is 10.0. The number of benzene rings is 1. The Labute approximate surface area is 143 Å². The molecule has 5 nitrogen and oxygen atoms in total. The maximum absolute atomic E-state index is 13.5. The molecule has 0 atom stereocenters. The maximum Gasteiger partial charge on any atom is 0.345 e. The molecule has 1 aliphatic carbocycles. The fraction of sp³-hybridized carbons (Fsp3) is 0.389. The van der Waals surface area contributed by atoms with Gasteiger partial charge in [-0.05, 0) is 48.9 Å². The van der Waals surface area contributed by atoms with E-state index in [0.717, 1.165) is 6.07 Å². The van der Waals surface area contributed by atoms with E-state index in [0.29, 0.717) is 36.4 Å². The van der Waals surface area contributed by atoms with Crippen molar-refractivity contribution in [3.05, 3.63) is 63.3 Å². The zero-order chi connectivity index (χ0) is 18.2. The molecule has 0 bridgehead atoms. The van der Waals surface area contributed by atoms with Crippen molar-refractivity contribution < 1.29 is 13.6 Å². The summed E-state index contributed by atoms with van der Waals surface area (Å²) in [7, 11) is 0. The minimum Gasteiger partial charge on any atom is -0.341 e. The first kappa shape index (κ1) is 17.3. The quantitative estimate of drug-likeness (QED) is 0.873. The smallest absolute Gasteiger partial charge is 0.341 e. The molecule has 0 radical (unpaired) electrons. The molecule has 0 saturated heterocycles. The number of carbonyl (C=O) groups is 1. The Morgan fingerprint density at radius 3 is 2.44 bits per heavy atom. The highest BCUT2D eigenvalue weighted by molar-refractivity contribution is 5.93. The first-order valence-corrected chi connectivity index (χ1v) is 8.17. The van der Waals surface area contributed by atoms with Gasteiger partial charge in [-0.15, -0.1) is 0 Å². The first-order chi connectivity index (χ1) is 11.8. The van der Waals surface area contributed by atoms with Crippen LogP contribution in [0.5, 0.6) is 0 Å². The number of halogens is 2. The zero-order valence-corrected chi connectivity index (χ0v) is 14.0. The molecule has 25 heavy (non-hydrogen) atoms. The van der Waals surface area contributed by atoms with Gasteiger partial charge in [-0.2, -0.15) is 4.98 Å². The summed E-state index contributed by atoms with van der Waals surface area (Å²) >= 11 is 0. The number of rotatable bonds is 5. The summed E-state index contributed by atoms with van der Waals surface area (Å²) < 4.78 is 26.9. The summed E-state index contributed by atoms with van der Waals surface area (Å²) in [5.41, 5.74) is -0.386. The van der Waals surface area contributed by atoms with Gasteiger partial charge in [0, 0.05) is 11.8 Å². The molecule has 2 N–H and O–H groups in total. The monoisotopic (exact) mass is 347 g/mol. The number of nitrogens with one attached hydrogen (secondary N) is 2. The van der Waals surface area contributed by atoms with E-state index in [1.165, 1.54) is 12.1 Å². The Hall–Kier alpha value is -2.57. The standard InChI is InChI=1S/C18H19F2N3O2/c1-10(2)5-14-9-15(22-17(25)21-14)16(24)23-18(3-4-18)11-6-12(19)8-13(20)7-11/h6-10H,3-5H2,1-2H3,(H,23,24)(H,21,22,25). The van der Waals surface area contributed by atoms with Crippen LogP contribution in [0, 0.1) is 17.6 Å². The second-order valence-electron chi connectivity index (χ2n) is 6.89. The molecule has 1 aliphatic rings. The van der Waals surface area contributed by atoms with Crippen LogP contribution in [-0.2, 0) is 12.0 Å². The maximum atomic E-state index is 13.5. The molecule has 2 aromatic rings. The molecule has 3 rings (SSSR count). The summed E-state index contributed by atoms with van der Waals surface area (Å²) in [4.78, 5) is 30.5. The van der Waals surface area contributed by atoms with Crippen LogP contribution in [0.3, 0.4) is 0 Å². The molecular formula is C18H19F2N3O2. The van der Waals surface area contributed by atoms with Crippen LogP contribution in [0.4, 0.5) is 8.78 Å². The van der Waals surface area contributed by atoms with Crippen LogP contribution in [0.2, 0.25) is 0 Å². The Bertz CT molecular complexity index is 853. The van der Waals surface area contributed by atoms with Crippen LogP contribution >= 0.6 is 0 Å². The number of aromatic amines is 1. The minimum absolute atomic E-state index is 0.00236. The first-order valence-electron chi connectivity index (χ1n) is 8.17. The fourth-order valence-corrected chi connectivity index (χ4v) is 2.90. The van der Waals surface area contributed by atoms with Gasteiger partial charge < -0.3 is 10.3 Å². The minimum atomic E-state index is -0.803. The zero-order valence-electron chi connectivity index (χ0n) is 14.0. The van der Waals surface area contributed by atoms with Gasteiger partial charge in [-0.1, -0.05) is 13.8 Å². The number of amides is 1. The Morgan fingerprint density at radius 1 is 1.24 bits per heavy atom. The SMILES string of the molecule is CC(C)Cc1cc(C(=O)NC2(c3cc(F)cc(F)c3)CC2)nc(=O)[nH]1. The van der Waals surface area contributed by atoms with Crippen molar-refractivity contribution in [1.82, 2.24) is 15.3 Å². The van der Waals surface area contributed by atoms with Gasteiger partial charge in [-0.3, -0.25) is 4.79 Å². The van der Waals surface area contributed by atoms with Gasteiger partial charge in [0.15, 0.2) is 0 Å². The molecule has 1 aromatic heterocycles. The molecule has 1 heterocycles. The topological polar surface area (TPSA) is 74.8 Å². The molecule has 132 valence electrons. The third kappa shape index (κ3) is 3.92. The fourth-order valence-electron chi connectivity index (χ4n) is 2.90. The van der Waals surface area contributed by atoms with Crippen molar-refractivity contribution in [1.29, 1.82) is 0 Å². The van der Waals surface area contributed by atoms with Gasteiger partial charge in [-0.25, -0.2) is 13.6 Å². The third-order valence-electron chi connectivity index (χ3n) is 4.18. The van der Waals surface area contributed by atoms with Crippen molar-refractivity contribution in [2.75, 3.05) is 0 Å². The Morgan fingerprint density at radius 2 is 1.88 bits per heavy atom. The van der Waals surface area contributed by atoms with Crippen LogP contribution in [-0.4, -0.2) is 15.9 Å². The second-order valence-corrected chi connectivity index (χ2v) is 6.89. The molecule has 1 saturated carbocycles. The van der Waals surface area contributed by atoms with Gasteiger partial charge in [0.1, 0.15) is 17.3 Å². The van der Waals surface area contributed by atoms with E-state index in [-0.39, 0.29) is 5.69 Å². The lowest BCUT2D eigenvalue weighted by Gasteiger charge is -2.18. The average molecular weight is 347 g/mol. The summed E-state index contributed by atoms with van der Waals surface area (Å²) in [6, 6.07) is 4.76. The third-order valence-corrected chi connectivity index (χ3v) is 4.18. The van der Waals surface area contributed by atoms with Crippen LogP contribution < -0.4 is 11.0 Å². The van der Waals surface area contributed by atoms with E-state index in [4.69, 9.17) is 0 Å².